The highest BCUT2D eigenvalue weighted by atomic mass is 35.5. The average molecular weight is 275 g/mol. The van der Waals surface area contributed by atoms with E-state index in [0.29, 0.717) is 0 Å². The first-order valence-electron chi connectivity index (χ1n) is 6.45. The molecule has 0 aliphatic carbocycles. The third-order valence-corrected chi connectivity index (χ3v) is 3.10. The lowest BCUT2D eigenvalue weighted by atomic mass is 10.1. The molecule has 0 saturated heterocycles. The Balaban J connectivity index is 1.79. The Morgan fingerprint density at radius 1 is 0.789 bits per heavy atom. The summed E-state index contributed by atoms with van der Waals surface area (Å²) in [5.41, 5.74) is 4.84. The van der Waals surface area contributed by atoms with Crippen LogP contribution in [0, 0.1) is 13.8 Å². The molecule has 0 aliphatic rings. The van der Waals surface area contributed by atoms with Crippen molar-refractivity contribution in [2.24, 2.45) is 0 Å². The summed E-state index contributed by atoms with van der Waals surface area (Å²) < 4.78 is 0. The van der Waals surface area contributed by atoms with E-state index in [0.717, 1.165) is 23.8 Å². The van der Waals surface area contributed by atoms with Crippen molar-refractivity contribution in [3.05, 3.63) is 58.6 Å². The molecule has 2 nitrogen and oxygen atoms in total. The van der Waals surface area contributed by atoms with Crippen LogP contribution in [0.15, 0.2) is 42.5 Å². The van der Waals surface area contributed by atoms with E-state index < -0.39 is 0 Å². The number of rotatable bonds is 5. The Morgan fingerprint density at radius 2 is 1.32 bits per heavy atom. The number of hydrogen-bond donors (Lipinski definition) is 2. The summed E-state index contributed by atoms with van der Waals surface area (Å²) in [5.74, 6) is 0. The largest absolute Gasteiger partial charge is 0.383 e. The van der Waals surface area contributed by atoms with E-state index in [1.54, 1.807) is 0 Å². The minimum atomic E-state index is 0.763. The molecule has 0 spiro atoms. The van der Waals surface area contributed by atoms with Crippen molar-refractivity contribution in [3.8, 4) is 0 Å². The van der Waals surface area contributed by atoms with Crippen molar-refractivity contribution >= 4 is 23.0 Å². The number of hydrogen-bond acceptors (Lipinski definition) is 2. The van der Waals surface area contributed by atoms with Gasteiger partial charge in [-0.15, -0.1) is 0 Å². The highest BCUT2D eigenvalue weighted by molar-refractivity contribution is 6.30. The molecule has 0 fully saturated rings. The second-order valence-electron chi connectivity index (χ2n) is 4.74. The van der Waals surface area contributed by atoms with Gasteiger partial charge < -0.3 is 10.6 Å². The van der Waals surface area contributed by atoms with Crippen LogP contribution in [-0.2, 0) is 0 Å². The summed E-state index contributed by atoms with van der Waals surface area (Å²) in [5, 5.41) is 7.53. The van der Waals surface area contributed by atoms with Gasteiger partial charge in [0.1, 0.15) is 0 Å². The molecule has 2 N–H and O–H groups in total. The highest BCUT2D eigenvalue weighted by Crippen LogP contribution is 2.14. The monoisotopic (exact) mass is 274 g/mol. The van der Waals surface area contributed by atoms with Crippen molar-refractivity contribution in [2.45, 2.75) is 13.8 Å². The van der Waals surface area contributed by atoms with Gasteiger partial charge in [0, 0.05) is 29.5 Å². The van der Waals surface area contributed by atoms with E-state index in [4.69, 9.17) is 11.6 Å². The summed E-state index contributed by atoms with van der Waals surface area (Å²) >= 11 is 5.84. The van der Waals surface area contributed by atoms with Crippen LogP contribution in [0.2, 0.25) is 5.02 Å². The lowest BCUT2D eigenvalue weighted by molar-refractivity contribution is 1.08. The number of halogens is 1. The SMILES string of the molecule is Cc1cc(C)cc(NCCNc2ccc(Cl)cc2)c1. The first-order valence-corrected chi connectivity index (χ1v) is 6.83. The second-order valence-corrected chi connectivity index (χ2v) is 5.17. The lowest BCUT2D eigenvalue weighted by Gasteiger charge is -2.10. The number of nitrogens with one attached hydrogen (secondary N) is 2. The molecule has 2 aromatic rings. The topological polar surface area (TPSA) is 24.1 Å². The molecular weight excluding hydrogens is 256 g/mol. The first kappa shape index (κ1) is 13.8. The quantitative estimate of drug-likeness (QED) is 0.786. The van der Waals surface area contributed by atoms with Crippen LogP contribution in [0.4, 0.5) is 11.4 Å². The molecular formula is C16H19ClN2. The summed E-state index contributed by atoms with van der Waals surface area (Å²) in [6.07, 6.45) is 0. The van der Waals surface area contributed by atoms with Crippen molar-refractivity contribution in [2.75, 3.05) is 23.7 Å². The maximum absolute atomic E-state index is 5.84. The van der Waals surface area contributed by atoms with Crippen LogP contribution < -0.4 is 10.6 Å². The third kappa shape index (κ3) is 4.49. The zero-order valence-electron chi connectivity index (χ0n) is 11.3. The fraction of sp³-hybridized carbons (Fsp3) is 0.250. The van der Waals surface area contributed by atoms with Crippen molar-refractivity contribution in [1.82, 2.24) is 0 Å². The molecule has 3 heteroatoms. The van der Waals surface area contributed by atoms with Crippen molar-refractivity contribution in [1.29, 1.82) is 0 Å². The molecule has 19 heavy (non-hydrogen) atoms. The summed E-state index contributed by atoms with van der Waals surface area (Å²) in [7, 11) is 0. The molecule has 0 aromatic heterocycles. The molecule has 0 amide bonds. The molecule has 100 valence electrons. The Morgan fingerprint density at radius 3 is 1.89 bits per heavy atom. The van der Waals surface area contributed by atoms with Crippen molar-refractivity contribution < 1.29 is 0 Å². The minimum Gasteiger partial charge on any atom is -0.383 e. The van der Waals surface area contributed by atoms with Gasteiger partial charge in [0.15, 0.2) is 0 Å². The van der Waals surface area contributed by atoms with Gasteiger partial charge in [0.25, 0.3) is 0 Å². The van der Waals surface area contributed by atoms with Gasteiger partial charge in [0.05, 0.1) is 0 Å². The van der Waals surface area contributed by atoms with Crippen LogP contribution in [0.1, 0.15) is 11.1 Å². The molecule has 0 atom stereocenters. The summed E-state index contributed by atoms with van der Waals surface area (Å²) in [6, 6.07) is 14.3. The standard InChI is InChI=1S/C16H19ClN2/c1-12-9-13(2)11-16(10-12)19-8-7-18-15-5-3-14(17)4-6-15/h3-6,9-11,18-19H,7-8H2,1-2H3. The molecule has 2 rings (SSSR count). The smallest absolute Gasteiger partial charge is 0.0407 e. The molecule has 0 aliphatic heterocycles. The van der Waals surface area contributed by atoms with E-state index in [9.17, 15) is 0 Å². The van der Waals surface area contributed by atoms with Gasteiger partial charge in [-0.25, -0.2) is 0 Å². The zero-order chi connectivity index (χ0) is 13.7. The number of aryl methyl sites for hydroxylation is 2. The van der Waals surface area contributed by atoms with E-state index in [-0.39, 0.29) is 0 Å². The maximum Gasteiger partial charge on any atom is 0.0407 e. The normalized spacial score (nSPS) is 10.3. The predicted octanol–water partition coefficient (Wildman–Crippen LogP) is 4.48. The molecule has 0 unspecified atom stereocenters. The van der Waals surface area contributed by atoms with Crippen LogP contribution in [0.25, 0.3) is 0 Å². The second kappa shape index (κ2) is 6.48. The molecule has 0 saturated carbocycles. The van der Waals surface area contributed by atoms with Gasteiger partial charge in [-0.3, -0.25) is 0 Å². The maximum atomic E-state index is 5.84. The first-order chi connectivity index (χ1) is 9.13. The molecule has 2 aromatic carbocycles. The van der Waals surface area contributed by atoms with Gasteiger partial charge in [-0.1, -0.05) is 17.7 Å². The molecule has 0 bridgehead atoms. The van der Waals surface area contributed by atoms with E-state index in [1.807, 2.05) is 24.3 Å². The van der Waals surface area contributed by atoms with Gasteiger partial charge in [-0.2, -0.15) is 0 Å². The minimum absolute atomic E-state index is 0.763. The van der Waals surface area contributed by atoms with Crippen LogP contribution in [-0.4, -0.2) is 13.1 Å². The van der Waals surface area contributed by atoms with Crippen LogP contribution in [0.3, 0.4) is 0 Å². The Hall–Kier alpha value is -1.67. The molecule has 0 heterocycles. The number of benzene rings is 2. The summed E-state index contributed by atoms with van der Waals surface area (Å²) in [6.45, 7) is 5.98. The predicted molar refractivity (Wildman–Crippen MR) is 84.3 cm³/mol. The van der Waals surface area contributed by atoms with Gasteiger partial charge in [-0.05, 0) is 61.4 Å². The lowest BCUT2D eigenvalue weighted by Crippen LogP contribution is -2.13. The van der Waals surface area contributed by atoms with Crippen LogP contribution >= 0.6 is 11.6 Å². The Kier molecular flexibility index (Phi) is 4.69. The van der Waals surface area contributed by atoms with E-state index in [2.05, 4.69) is 42.7 Å². The molecule has 0 radical (unpaired) electrons. The summed E-state index contributed by atoms with van der Waals surface area (Å²) in [4.78, 5) is 0. The zero-order valence-corrected chi connectivity index (χ0v) is 12.1. The fourth-order valence-corrected chi connectivity index (χ4v) is 2.18. The van der Waals surface area contributed by atoms with E-state index >= 15 is 0 Å². The third-order valence-electron chi connectivity index (χ3n) is 2.85. The Labute approximate surface area is 119 Å². The average Bonchev–Trinajstić information content (AvgIpc) is 2.36. The van der Waals surface area contributed by atoms with Gasteiger partial charge >= 0.3 is 0 Å². The number of anilines is 2. The fourth-order valence-electron chi connectivity index (χ4n) is 2.06. The van der Waals surface area contributed by atoms with Crippen molar-refractivity contribution in [3.63, 3.8) is 0 Å². The van der Waals surface area contributed by atoms with Gasteiger partial charge in [0.2, 0.25) is 0 Å². The Bertz CT molecular complexity index is 515. The highest BCUT2D eigenvalue weighted by Gasteiger charge is 1.95. The van der Waals surface area contributed by atoms with Crippen LogP contribution in [0.5, 0.6) is 0 Å². The van der Waals surface area contributed by atoms with E-state index in [1.165, 1.54) is 16.8 Å².